The van der Waals surface area contributed by atoms with Gasteiger partial charge in [-0.1, -0.05) is 217 Å². The molecule has 0 radical (unpaired) electrons. The van der Waals surface area contributed by atoms with Crippen LogP contribution in [0, 0.1) is 0 Å². The minimum Gasteiger partial charge on any atom is -0.393 e. The summed E-state index contributed by atoms with van der Waals surface area (Å²) in [7, 11) is -4.41. The van der Waals surface area contributed by atoms with Crippen LogP contribution in [0.2, 0.25) is 0 Å². The fourth-order valence-electron chi connectivity index (χ4n) is 7.27. The van der Waals surface area contributed by atoms with E-state index < -0.39 is 38.6 Å². The number of carbonyl (C=O) groups is 1. The molecule has 4 unspecified atom stereocenters. The van der Waals surface area contributed by atoms with Crippen LogP contribution in [0.3, 0.4) is 0 Å². The Morgan fingerprint density at radius 3 is 1.41 bits per heavy atom. The molecule has 0 spiro atoms. The van der Waals surface area contributed by atoms with E-state index in [9.17, 15) is 24.5 Å². The van der Waals surface area contributed by atoms with E-state index in [1.165, 1.54) is 154 Å². The molecular weight excluding hydrogens is 760 g/mol. The summed E-state index contributed by atoms with van der Waals surface area (Å²) >= 11 is 0. The lowest BCUT2D eigenvalue weighted by Crippen LogP contribution is -2.46. The first-order valence-corrected chi connectivity index (χ1v) is 26.2. The lowest BCUT2D eigenvalue weighted by atomic mass is 10.0. The van der Waals surface area contributed by atoms with Gasteiger partial charge < -0.3 is 26.2 Å². The Morgan fingerprint density at radius 1 is 0.576 bits per heavy atom. The highest BCUT2D eigenvalue weighted by atomic mass is 31.2. The number of phosphoric acid groups is 1. The van der Waals surface area contributed by atoms with Gasteiger partial charge in [-0.05, 0) is 44.9 Å². The van der Waals surface area contributed by atoms with Gasteiger partial charge in [0.15, 0.2) is 0 Å². The molecule has 10 heteroatoms. The Balaban J connectivity index is 4.23. The number of rotatable bonds is 46. The standard InChI is InChI=1S/C49H95N2O7P/c1-3-5-7-9-11-13-15-17-19-21-22-23-24-25-26-28-30-32-34-36-38-40-46(52)44-49(54)51-47(45-58-59(55,56)57-43-42-50)48(53)41-39-37-35-33-31-29-27-20-18-16-14-12-10-8-6-4-2/h18,20,31,33,39,41,46-48,52-53H,3-17,19,21-30,32,34-38,40,42-45,50H2,1-2H3,(H,51,54)(H,55,56)/b20-18+,33-31+,41-39+. The van der Waals surface area contributed by atoms with Crippen LogP contribution < -0.4 is 11.1 Å². The zero-order chi connectivity index (χ0) is 43.3. The van der Waals surface area contributed by atoms with Crippen molar-refractivity contribution in [1.82, 2.24) is 5.32 Å². The molecule has 0 bridgehead atoms. The number of unbranched alkanes of at least 4 members (excludes halogenated alkanes) is 28. The van der Waals surface area contributed by atoms with E-state index in [2.05, 4.69) is 43.5 Å². The average Bonchev–Trinajstić information content (AvgIpc) is 3.21. The van der Waals surface area contributed by atoms with Gasteiger partial charge >= 0.3 is 7.82 Å². The molecule has 0 aliphatic carbocycles. The molecule has 0 aliphatic heterocycles. The monoisotopic (exact) mass is 855 g/mol. The second-order valence-corrected chi connectivity index (χ2v) is 18.3. The summed E-state index contributed by atoms with van der Waals surface area (Å²) in [6.07, 6.45) is 51.0. The summed E-state index contributed by atoms with van der Waals surface area (Å²) < 4.78 is 22.1. The van der Waals surface area contributed by atoms with Crippen LogP contribution in [0.5, 0.6) is 0 Å². The van der Waals surface area contributed by atoms with Gasteiger partial charge in [-0.2, -0.15) is 0 Å². The molecule has 0 fully saturated rings. The fraction of sp³-hybridized carbons (Fsp3) is 0.857. The molecule has 9 nitrogen and oxygen atoms in total. The summed E-state index contributed by atoms with van der Waals surface area (Å²) in [5.74, 6) is -0.457. The number of hydrogen-bond acceptors (Lipinski definition) is 7. The fourth-order valence-corrected chi connectivity index (χ4v) is 8.03. The van der Waals surface area contributed by atoms with Crippen molar-refractivity contribution < 1.29 is 33.5 Å². The largest absolute Gasteiger partial charge is 0.472 e. The predicted molar refractivity (Wildman–Crippen MR) is 250 cm³/mol. The van der Waals surface area contributed by atoms with Gasteiger partial charge in [0.25, 0.3) is 0 Å². The third kappa shape index (κ3) is 43.1. The number of hydrogen-bond donors (Lipinski definition) is 5. The Bertz CT molecular complexity index is 1040. The third-order valence-corrected chi connectivity index (χ3v) is 12.0. The van der Waals surface area contributed by atoms with Gasteiger partial charge in [0.2, 0.25) is 5.91 Å². The van der Waals surface area contributed by atoms with Gasteiger partial charge in [0, 0.05) is 6.54 Å². The summed E-state index contributed by atoms with van der Waals surface area (Å²) in [4.78, 5) is 22.8. The zero-order valence-corrected chi connectivity index (χ0v) is 39.3. The maximum atomic E-state index is 12.8. The molecule has 0 aromatic heterocycles. The highest BCUT2D eigenvalue weighted by Gasteiger charge is 2.27. The second kappa shape index (κ2) is 44.7. The van der Waals surface area contributed by atoms with Crippen molar-refractivity contribution in [1.29, 1.82) is 0 Å². The summed E-state index contributed by atoms with van der Waals surface area (Å²) in [5, 5.41) is 24.1. The predicted octanol–water partition coefficient (Wildman–Crippen LogP) is 13.3. The molecule has 1 amide bonds. The van der Waals surface area contributed by atoms with Gasteiger partial charge in [-0.3, -0.25) is 13.8 Å². The first-order chi connectivity index (χ1) is 28.8. The molecule has 0 aliphatic rings. The molecule has 0 saturated heterocycles. The van der Waals surface area contributed by atoms with E-state index >= 15 is 0 Å². The number of nitrogens with one attached hydrogen (secondary N) is 1. The number of phosphoric ester groups is 1. The van der Waals surface area contributed by atoms with Gasteiger partial charge in [-0.25, -0.2) is 4.57 Å². The maximum absolute atomic E-state index is 12.8. The third-order valence-electron chi connectivity index (χ3n) is 11.0. The first-order valence-electron chi connectivity index (χ1n) is 24.7. The Labute approximate surface area is 363 Å². The smallest absolute Gasteiger partial charge is 0.393 e. The maximum Gasteiger partial charge on any atom is 0.472 e. The van der Waals surface area contributed by atoms with E-state index in [0.29, 0.717) is 12.8 Å². The second-order valence-electron chi connectivity index (χ2n) is 16.9. The van der Waals surface area contributed by atoms with E-state index in [1.54, 1.807) is 6.08 Å². The number of aliphatic hydroxyl groups is 2. The van der Waals surface area contributed by atoms with Crippen LogP contribution >= 0.6 is 7.82 Å². The molecule has 0 aromatic carbocycles. The van der Waals surface area contributed by atoms with Crippen molar-refractivity contribution in [2.45, 2.75) is 250 Å². The lowest BCUT2D eigenvalue weighted by Gasteiger charge is -2.24. The summed E-state index contributed by atoms with van der Waals surface area (Å²) in [6, 6.07) is -1.00. The number of aliphatic hydroxyl groups excluding tert-OH is 2. The van der Waals surface area contributed by atoms with E-state index in [-0.39, 0.29) is 19.6 Å². The van der Waals surface area contributed by atoms with E-state index in [0.717, 1.165) is 44.9 Å². The van der Waals surface area contributed by atoms with Gasteiger partial charge in [-0.15, -0.1) is 0 Å². The van der Waals surface area contributed by atoms with Crippen LogP contribution in [-0.4, -0.2) is 59.0 Å². The number of nitrogens with two attached hydrogens (primary N) is 1. The van der Waals surface area contributed by atoms with Gasteiger partial charge in [0.05, 0.1) is 37.9 Å². The normalized spacial score (nSPS) is 14.7. The molecular formula is C49H95N2O7P. The summed E-state index contributed by atoms with van der Waals surface area (Å²) in [5.41, 5.74) is 5.37. The summed E-state index contributed by atoms with van der Waals surface area (Å²) in [6.45, 7) is 3.96. The Kier molecular flexibility index (Phi) is 43.7. The Morgan fingerprint density at radius 2 is 0.966 bits per heavy atom. The quantitative estimate of drug-likeness (QED) is 0.0231. The molecule has 0 heterocycles. The van der Waals surface area contributed by atoms with Crippen molar-refractivity contribution in [3.05, 3.63) is 36.5 Å². The number of amides is 1. The zero-order valence-electron chi connectivity index (χ0n) is 38.4. The molecule has 59 heavy (non-hydrogen) atoms. The number of carbonyl (C=O) groups excluding carboxylic acids is 1. The minimum absolute atomic E-state index is 0.0429. The minimum atomic E-state index is -4.41. The number of allylic oxidation sites excluding steroid dienone is 5. The Hall–Kier alpha value is -1.32. The SMILES string of the molecule is CCCCCCCC/C=C/CC/C=C/CC/C=C/C(O)C(COP(=O)(O)OCCN)NC(=O)CC(O)CCCCCCCCCCCCCCCCCCCCCCC. The van der Waals surface area contributed by atoms with Crippen molar-refractivity contribution in [3.8, 4) is 0 Å². The lowest BCUT2D eigenvalue weighted by molar-refractivity contribution is -0.124. The van der Waals surface area contributed by atoms with Crippen molar-refractivity contribution >= 4 is 13.7 Å². The average molecular weight is 855 g/mol. The first kappa shape index (κ1) is 57.7. The van der Waals surface area contributed by atoms with Crippen LogP contribution in [0.4, 0.5) is 0 Å². The molecule has 6 N–H and O–H groups in total. The highest BCUT2D eigenvalue weighted by Crippen LogP contribution is 2.43. The molecule has 4 atom stereocenters. The highest BCUT2D eigenvalue weighted by molar-refractivity contribution is 7.47. The topological polar surface area (TPSA) is 151 Å². The molecule has 0 rings (SSSR count). The van der Waals surface area contributed by atoms with Crippen LogP contribution in [-0.2, 0) is 18.4 Å². The van der Waals surface area contributed by atoms with Crippen molar-refractivity contribution in [2.75, 3.05) is 19.8 Å². The van der Waals surface area contributed by atoms with Crippen LogP contribution in [0.1, 0.15) is 232 Å². The molecule has 0 aromatic rings. The van der Waals surface area contributed by atoms with Crippen molar-refractivity contribution in [2.24, 2.45) is 5.73 Å². The molecule has 348 valence electrons. The van der Waals surface area contributed by atoms with Crippen LogP contribution in [0.15, 0.2) is 36.5 Å². The van der Waals surface area contributed by atoms with Gasteiger partial charge in [0.1, 0.15) is 0 Å². The van der Waals surface area contributed by atoms with Crippen LogP contribution in [0.25, 0.3) is 0 Å². The molecule has 0 saturated carbocycles. The van der Waals surface area contributed by atoms with Crippen molar-refractivity contribution in [3.63, 3.8) is 0 Å². The van der Waals surface area contributed by atoms with E-state index in [1.807, 2.05) is 6.08 Å². The van der Waals surface area contributed by atoms with E-state index in [4.69, 9.17) is 14.8 Å².